The fourth-order valence-corrected chi connectivity index (χ4v) is 4.12. The third kappa shape index (κ3) is 5.66. The van der Waals surface area contributed by atoms with Crippen LogP contribution in [0, 0.1) is 17.6 Å². The highest BCUT2D eigenvalue weighted by atomic mass is 19.1. The molecule has 0 radical (unpaired) electrons. The van der Waals surface area contributed by atoms with E-state index in [2.05, 4.69) is 15.5 Å². The summed E-state index contributed by atoms with van der Waals surface area (Å²) < 4.78 is 34.9. The average Bonchev–Trinajstić information content (AvgIpc) is 3.47. The van der Waals surface area contributed by atoms with Gasteiger partial charge >= 0.3 is 0 Å². The van der Waals surface area contributed by atoms with Gasteiger partial charge < -0.3 is 15.2 Å². The first-order chi connectivity index (χ1) is 16.4. The molecule has 9 nitrogen and oxygen atoms in total. The minimum absolute atomic E-state index is 0.0328. The number of aromatic nitrogens is 4. The number of rotatable bonds is 9. The Balaban J connectivity index is 1.56. The lowest BCUT2D eigenvalue weighted by Crippen LogP contribution is -2.36. The molecule has 2 heterocycles. The van der Waals surface area contributed by atoms with Crippen LogP contribution in [-0.4, -0.2) is 37.2 Å². The normalized spacial score (nSPS) is 14.8. The van der Waals surface area contributed by atoms with Crippen molar-refractivity contribution in [3.05, 3.63) is 64.7 Å². The third-order valence-electron chi connectivity index (χ3n) is 5.77. The lowest BCUT2D eigenvalue weighted by Gasteiger charge is -2.21. The summed E-state index contributed by atoms with van der Waals surface area (Å²) in [6.45, 7) is 0.202. The highest BCUT2D eigenvalue weighted by Gasteiger charge is 2.29. The first-order valence-electron chi connectivity index (χ1n) is 11.1. The van der Waals surface area contributed by atoms with Crippen molar-refractivity contribution in [3.8, 4) is 11.5 Å². The lowest BCUT2D eigenvalue weighted by molar-refractivity contribution is -0.120. The molecule has 1 fully saturated rings. The molecular formula is C23H25F2N5O4. The second-order valence-corrected chi connectivity index (χ2v) is 8.23. The maximum Gasteiger partial charge on any atom is 0.271 e. The van der Waals surface area contributed by atoms with Gasteiger partial charge in [0.1, 0.15) is 11.9 Å². The molecule has 3 aromatic rings. The number of carbonyl (C=O) groups is 1. The van der Waals surface area contributed by atoms with Crippen LogP contribution in [0.5, 0.6) is 11.5 Å². The number of hydrogen-bond acceptors (Lipinski definition) is 6. The van der Waals surface area contributed by atoms with Gasteiger partial charge in [-0.2, -0.15) is 10.2 Å². The highest BCUT2D eigenvalue weighted by Crippen LogP contribution is 2.32. The van der Waals surface area contributed by atoms with Crippen molar-refractivity contribution in [1.82, 2.24) is 19.6 Å². The standard InChI is InChI=1S/C23H25F2N5O4/c24-16-5-6-20(18(25)12-16)34-17-13-22(32)30(26-14-17)19(11-15-3-1-2-4-15)23(33)27-21-7-8-29(28-21)9-10-31/h5-8,12-15,19,31H,1-4,9-11H2,(H,27,28,33)/t19-/m0/s1. The van der Waals surface area contributed by atoms with Gasteiger partial charge in [0.15, 0.2) is 23.1 Å². The number of anilines is 1. The fourth-order valence-electron chi connectivity index (χ4n) is 4.12. The Morgan fingerprint density at radius 3 is 2.74 bits per heavy atom. The molecule has 2 N–H and O–H groups in total. The second-order valence-electron chi connectivity index (χ2n) is 8.23. The third-order valence-corrected chi connectivity index (χ3v) is 5.77. The minimum atomic E-state index is -0.914. The molecule has 180 valence electrons. The second kappa shape index (κ2) is 10.6. The molecule has 1 saturated carbocycles. The van der Waals surface area contributed by atoms with Crippen LogP contribution in [0.2, 0.25) is 0 Å². The van der Waals surface area contributed by atoms with Crippen molar-refractivity contribution in [3.63, 3.8) is 0 Å². The first kappa shape index (κ1) is 23.6. The molecule has 34 heavy (non-hydrogen) atoms. The Bertz CT molecular complexity index is 1210. The van der Waals surface area contributed by atoms with Crippen molar-refractivity contribution in [2.75, 3.05) is 11.9 Å². The summed E-state index contributed by atoms with van der Waals surface area (Å²) >= 11 is 0. The number of nitrogens with one attached hydrogen (secondary N) is 1. The van der Waals surface area contributed by atoms with E-state index in [1.54, 1.807) is 12.3 Å². The van der Waals surface area contributed by atoms with Gasteiger partial charge in [0, 0.05) is 24.4 Å². The Hall–Kier alpha value is -3.60. The molecule has 1 aromatic carbocycles. The van der Waals surface area contributed by atoms with Gasteiger partial charge in [-0.25, -0.2) is 13.5 Å². The van der Waals surface area contributed by atoms with Crippen molar-refractivity contribution in [2.45, 2.75) is 44.7 Å². The van der Waals surface area contributed by atoms with Gasteiger partial charge in [0.25, 0.3) is 11.5 Å². The van der Waals surface area contributed by atoms with Crippen LogP contribution in [0.1, 0.15) is 38.1 Å². The van der Waals surface area contributed by atoms with Gasteiger partial charge in [-0.05, 0) is 24.5 Å². The van der Waals surface area contributed by atoms with E-state index in [4.69, 9.17) is 9.84 Å². The molecule has 4 rings (SSSR count). The summed E-state index contributed by atoms with van der Waals surface area (Å²) in [6, 6.07) is 4.66. The molecule has 0 aliphatic heterocycles. The van der Waals surface area contributed by atoms with Crippen molar-refractivity contribution < 1.29 is 23.4 Å². The molecule has 0 unspecified atom stereocenters. The van der Waals surface area contributed by atoms with Gasteiger partial charge in [-0.1, -0.05) is 25.7 Å². The number of benzene rings is 1. The molecular weight excluding hydrogens is 448 g/mol. The molecule has 1 amide bonds. The van der Waals surface area contributed by atoms with Crippen LogP contribution in [0.25, 0.3) is 0 Å². The summed E-state index contributed by atoms with van der Waals surface area (Å²) in [5, 5.41) is 20.1. The number of aliphatic hydroxyl groups is 1. The topological polar surface area (TPSA) is 111 Å². The molecule has 0 spiro atoms. The van der Waals surface area contributed by atoms with Crippen molar-refractivity contribution in [1.29, 1.82) is 0 Å². The van der Waals surface area contributed by atoms with Crippen LogP contribution in [0.3, 0.4) is 0 Å². The molecule has 2 aromatic heterocycles. The Labute approximate surface area is 194 Å². The van der Waals surface area contributed by atoms with Crippen LogP contribution in [0.15, 0.2) is 47.5 Å². The first-order valence-corrected chi connectivity index (χ1v) is 11.1. The number of ether oxygens (including phenoxy) is 1. The minimum Gasteiger partial charge on any atom is -0.452 e. The summed E-state index contributed by atoms with van der Waals surface area (Å²) in [7, 11) is 0. The van der Waals surface area contributed by atoms with Crippen LogP contribution < -0.4 is 15.6 Å². The van der Waals surface area contributed by atoms with E-state index in [0.29, 0.717) is 24.8 Å². The van der Waals surface area contributed by atoms with Gasteiger partial charge in [-0.3, -0.25) is 14.3 Å². The number of hydrogen-bond donors (Lipinski definition) is 2. The zero-order chi connectivity index (χ0) is 24.1. The highest BCUT2D eigenvalue weighted by molar-refractivity contribution is 5.92. The smallest absolute Gasteiger partial charge is 0.271 e. The predicted octanol–water partition coefficient (Wildman–Crippen LogP) is 3.26. The lowest BCUT2D eigenvalue weighted by atomic mass is 9.98. The molecule has 0 saturated heterocycles. The fraction of sp³-hybridized carbons (Fsp3) is 0.391. The predicted molar refractivity (Wildman–Crippen MR) is 118 cm³/mol. The number of aliphatic hydroxyl groups excluding tert-OH is 1. The van der Waals surface area contributed by atoms with Crippen LogP contribution >= 0.6 is 0 Å². The molecule has 1 atom stereocenters. The van der Waals surface area contributed by atoms with E-state index in [-0.39, 0.29) is 24.0 Å². The molecule has 11 heteroatoms. The van der Waals surface area contributed by atoms with E-state index in [1.807, 2.05) is 0 Å². The summed E-state index contributed by atoms with van der Waals surface area (Å²) in [5.74, 6) is -1.80. The van der Waals surface area contributed by atoms with Crippen molar-refractivity contribution >= 4 is 11.7 Å². The molecule has 0 bridgehead atoms. The number of halogens is 2. The van der Waals surface area contributed by atoms with Gasteiger partial charge in [0.2, 0.25) is 0 Å². The Kier molecular flexibility index (Phi) is 7.31. The van der Waals surface area contributed by atoms with Crippen LogP contribution in [0.4, 0.5) is 14.6 Å². The van der Waals surface area contributed by atoms with Crippen LogP contribution in [-0.2, 0) is 11.3 Å². The summed E-state index contributed by atoms with van der Waals surface area (Å²) in [4.78, 5) is 26.0. The average molecular weight is 473 g/mol. The van der Waals surface area contributed by atoms with E-state index in [1.165, 1.54) is 10.9 Å². The van der Waals surface area contributed by atoms with E-state index < -0.39 is 29.1 Å². The number of amides is 1. The van der Waals surface area contributed by atoms with E-state index in [9.17, 15) is 18.4 Å². The quantitative estimate of drug-likeness (QED) is 0.494. The zero-order valence-electron chi connectivity index (χ0n) is 18.4. The maximum absolute atomic E-state index is 13.9. The van der Waals surface area contributed by atoms with E-state index in [0.717, 1.165) is 48.6 Å². The largest absolute Gasteiger partial charge is 0.452 e. The number of nitrogens with zero attached hydrogens (tertiary/aromatic N) is 4. The van der Waals surface area contributed by atoms with Gasteiger partial charge in [0.05, 0.1) is 19.3 Å². The summed E-state index contributed by atoms with van der Waals surface area (Å²) in [6.07, 6.45) is 7.36. The monoisotopic (exact) mass is 473 g/mol. The zero-order valence-corrected chi connectivity index (χ0v) is 18.4. The molecule has 1 aliphatic rings. The Morgan fingerprint density at radius 2 is 2.03 bits per heavy atom. The van der Waals surface area contributed by atoms with E-state index >= 15 is 0 Å². The van der Waals surface area contributed by atoms with Crippen molar-refractivity contribution in [2.24, 2.45) is 5.92 Å². The molecule has 1 aliphatic carbocycles. The summed E-state index contributed by atoms with van der Waals surface area (Å²) in [5.41, 5.74) is -0.594. The Morgan fingerprint density at radius 1 is 1.24 bits per heavy atom. The SMILES string of the molecule is O=C(Nc1ccn(CCO)n1)[C@H](CC1CCCC1)n1ncc(Oc2ccc(F)cc2F)cc1=O. The van der Waals surface area contributed by atoms with Gasteiger partial charge in [-0.15, -0.1) is 0 Å². The maximum atomic E-state index is 13.9. The number of carbonyl (C=O) groups excluding carboxylic acids is 1.